The standard InChI is InChI=1S/C24H21FN2O2S/c1-14-21(15(2)28)23(27-24(30)26-14)22-19-6-4-3-5-17(19)9-12-20(22)29-13-16-7-10-18(25)11-8-16/h3-12,23H,13H2,1-2H3,(H2,26,27,30). The number of ether oxygens (including phenoxy) is 1. The fourth-order valence-electron chi connectivity index (χ4n) is 3.82. The lowest BCUT2D eigenvalue weighted by molar-refractivity contribution is -0.114. The van der Waals surface area contributed by atoms with Gasteiger partial charge in [-0.2, -0.15) is 0 Å². The third-order valence-electron chi connectivity index (χ3n) is 5.18. The van der Waals surface area contributed by atoms with Gasteiger partial charge in [0.25, 0.3) is 0 Å². The summed E-state index contributed by atoms with van der Waals surface area (Å²) in [6.07, 6.45) is 0. The van der Waals surface area contributed by atoms with Crippen molar-refractivity contribution in [2.24, 2.45) is 0 Å². The zero-order valence-corrected chi connectivity index (χ0v) is 17.5. The quantitative estimate of drug-likeness (QED) is 0.573. The lowest BCUT2D eigenvalue weighted by atomic mass is 9.89. The highest BCUT2D eigenvalue weighted by Gasteiger charge is 2.31. The number of fused-ring (bicyclic) bond motifs is 1. The number of allylic oxidation sites excluding steroid dienone is 1. The molecular weight excluding hydrogens is 399 g/mol. The van der Waals surface area contributed by atoms with Crippen LogP contribution >= 0.6 is 12.2 Å². The molecule has 1 aliphatic rings. The van der Waals surface area contributed by atoms with E-state index in [2.05, 4.69) is 10.6 Å². The number of benzene rings is 3. The lowest BCUT2D eigenvalue weighted by Gasteiger charge is -2.31. The summed E-state index contributed by atoms with van der Waals surface area (Å²) in [4.78, 5) is 12.5. The first-order chi connectivity index (χ1) is 14.4. The Hall–Kier alpha value is -3.25. The number of thiocarbonyl (C=S) groups is 1. The lowest BCUT2D eigenvalue weighted by Crippen LogP contribution is -2.44. The average Bonchev–Trinajstić information content (AvgIpc) is 2.72. The van der Waals surface area contributed by atoms with Gasteiger partial charge in [0.2, 0.25) is 0 Å². The van der Waals surface area contributed by atoms with Gasteiger partial charge in [0, 0.05) is 16.8 Å². The van der Waals surface area contributed by atoms with E-state index in [-0.39, 0.29) is 18.2 Å². The van der Waals surface area contributed by atoms with Gasteiger partial charge in [-0.1, -0.05) is 42.5 Å². The summed E-state index contributed by atoms with van der Waals surface area (Å²) in [5.41, 5.74) is 3.05. The Bertz CT molecular complexity index is 1170. The summed E-state index contributed by atoms with van der Waals surface area (Å²) < 4.78 is 19.4. The first-order valence-corrected chi connectivity index (χ1v) is 10.0. The Morgan fingerprint density at radius 2 is 1.83 bits per heavy atom. The molecule has 4 nitrogen and oxygen atoms in total. The second-order valence-corrected chi connectivity index (χ2v) is 7.65. The van der Waals surface area contributed by atoms with Crippen molar-refractivity contribution >= 4 is 33.9 Å². The number of carbonyl (C=O) groups excluding carboxylic acids is 1. The van der Waals surface area contributed by atoms with E-state index >= 15 is 0 Å². The maximum Gasteiger partial charge on any atom is 0.171 e. The van der Waals surface area contributed by atoms with Crippen LogP contribution in [0.5, 0.6) is 5.75 Å². The van der Waals surface area contributed by atoms with Crippen LogP contribution < -0.4 is 15.4 Å². The van der Waals surface area contributed by atoms with E-state index in [1.165, 1.54) is 12.1 Å². The molecule has 0 fully saturated rings. The van der Waals surface area contributed by atoms with Crippen molar-refractivity contribution in [1.29, 1.82) is 0 Å². The second kappa shape index (κ2) is 8.24. The average molecular weight is 421 g/mol. The van der Waals surface area contributed by atoms with Crippen LogP contribution in [-0.4, -0.2) is 10.9 Å². The summed E-state index contributed by atoms with van der Waals surface area (Å²) in [5.74, 6) is 0.313. The molecule has 1 heterocycles. The minimum Gasteiger partial charge on any atom is -0.489 e. The van der Waals surface area contributed by atoms with Gasteiger partial charge in [0.05, 0.1) is 6.04 Å². The number of Topliss-reactive ketones (excluding diaryl/α,β-unsaturated/α-hetero) is 1. The highest BCUT2D eigenvalue weighted by molar-refractivity contribution is 7.80. The van der Waals surface area contributed by atoms with Gasteiger partial charge in [0.1, 0.15) is 18.2 Å². The number of halogens is 1. The molecule has 0 aromatic heterocycles. The number of carbonyl (C=O) groups is 1. The van der Waals surface area contributed by atoms with Gasteiger partial charge in [-0.15, -0.1) is 0 Å². The second-order valence-electron chi connectivity index (χ2n) is 7.24. The van der Waals surface area contributed by atoms with Crippen LogP contribution in [0.2, 0.25) is 0 Å². The third kappa shape index (κ3) is 3.91. The molecule has 30 heavy (non-hydrogen) atoms. The summed E-state index contributed by atoms with van der Waals surface area (Å²) in [7, 11) is 0. The maximum atomic E-state index is 13.2. The van der Waals surface area contributed by atoms with Gasteiger partial charge in [-0.25, -0.2) is 4.39 Å². The SMILES string of the molecule is CC(=O)C1=C(C)NC(=S)NC1c1c(OCc2ccc(F)cc2)ccc2ccccc12. The first kappa shape index (κ1) is 20.0. The minimum atomic E-state index is -0.439. The zero-order chi connectivity index (χ0) is 21.3. The number of rotatable bonds is 5. The highest BCUT2D eigenvalue weighted by atomic mass is 32.1. The topological polar surface area (TPSA) is 50.4 Å². The van der Waals surface area contributed by atoms with Crippen LogP contribution in [-0.2, 0) is 11.4 Å². The predicted molar refractivity (Wildman–Crippen MR) is 120 cm³/mol. The van der Waals surface area contributed by atoms with Crippen LogP contribution in [0.15, 0.2) is 71.9 Å². The number of hydrogen-bond acceptors (Lipinski definition) is 3. The molecule has 3 aromatic carbocycles. The summed E-state index contributed by atoms with van der Waals surface area (Å²) in [6.45, 7) is 3.67. The third-order valence-corrected chi connectivity index (χ3v) is 5.40. The predicted octanol–water partition coefficient (Wildman–Crippen LogP) is 4.94. The highest BCUT2D eigenvalue weighted by Crippen LogP contribution is 2.39. The fourth-order valence-corrected chi connectivity index (χ4v) is 4.09. The molecule has 4 rings (SSSR count). The van der Waals surface area contributed by atoms with E-state index < -0.39 is 6.04 Å². The summed E-state index contributed by atoms with van der Waals surface area (Å²) in [6, 6.07) is 17.6. The molecule has 0 saturated heterocycles. The van der Waals surface area contributed by atoms with E-state index in [0.29, 0.717) is 16.4 Å². The van der Waals surface area contributed by atoms with Crippen LogP contribution in [0.4, 0.5) is 4.39 Å². The van der Waals surface area contributed by atoms with Crippen LogP contribution in [0.25, 0.3) is 10.8 Å². The van der Waals surface area contributed by atoms with Crippen molar-refractivity contribution < 1.29 is 13.9 Å². The monoisotopic (exact) mass is 420 g/mol. The van der Waals surface area contributed by atoms with E-state index in [0.717, 1.165) is 27.6 Å². The molecular formula is C24H21FN2O2S. The largest absolute Gasteiger partial charge is 0.489 e. The molecule has 6 heteroatoms. The van der Waals surface area contributed by atoms with Crippen molar-refractivity contribution in [1.82, 2.24) is 10.6 Å². The Morgan fingerprint density at radius 1 is 1.10 bits per heavy atom. The molecule has 1 atom stereocenters. The van der Waals surface area contributed by atoms with Crippen LogP contribution in [0.3, 0.4) is 0 Å². The smallest absolute Gasteiger partial charge is 0.171 e. The Morgan fingerprint density at radius 3 is 2.57 bits per heavy atom. The Labute approximate surface area is 179 Å². The maximum absolute atomic E-state index is 13.2. The fraction of sp³-hybridized carbons (Fsp3) is 0.167. The molecule has 0 radical (unpaired) electrons. The molecule has 1 unspecified atom stereocenters. The number of nitrogens with one attached hydrogen (secondary N) is 2. The molecule has 3 aromatic rings. The van der Waals surface area contributed by atoms with Crippen molar-refractivity contribution in [2.75, 3.05) is 0 Å². The van der Waals surface area contributed by atoms with Crippen LogP contribution in [0.1, 0.15) is 31.0 Å². The first-order valence-electron chi connectivity index (χ1n) is 9.62. The normalized spacial score (nSPS) is 16.2. The van der Waals surface area contributed by atoms with Gasteiger partial charge >= 0.3 is 0 Å². The molecule has 2 N–H and O–H groups in total. The van der Waals surface area contributed by atoms with Crippen molar-refractivity contribution in [3.8, 4) is 5.75 Å². The van der Waals surface area contributed by atoms with Crippen molar-refractivity contribution in [2.45, 2.75) is 26.5 Å². The van der Waals surface area contributed by atoms with Crippen molar-refractivity contribution in [3.05, 3.63) is 88.9 Å². The number of ketones is 1. The van der Waals surface area contributed by atoms with Crippen LogP contribution in [0, 0.1) is 5.82 Å². The minimum absolute atomic E-state index is 0.0441. The van der Waals surface area contributed by atoms with Gasteiger partial charge in [-0.05, 0) is 60.6 Å². The van der Waals surface area contributed by atoms with E-state index in [1.54, 1.807) is 19.1 Å². The molecule has 0 aliphatic carbocycles. The van der Waals surface area contributed by atoms with Gasteiger partial charge in [0.15, 0.2) is 10.9 Å². The van der Waals surface area contributed by atoms with E-state index in [1.807, 2.05) is 43.3 Å². The summed E-state index contributed by atoms with van der Waals surface area (Å²) in [5, 5.41) is 8.76. The molecule has 1 aliphatic heterocycles. The zero-order valence-electron chi connectivity index (χ0n) is 16.7. The molecule has 0 amide bonds. The van der Waals surface area contributed by atoms with Gasteiger partial charge < -0.3 is 15.4 Å². The van der Waals surface area contributed by atoms with E-state index in [4.69, 9.17) is 17.0 Å². The molecule has 0 saturated carbocycles. The Balaban J connectivity index is 1.83. The summed E-state index contributed by atoms with van der Waals surface area (Å²) >= 11 is 5.37. The molecule has 152 valence electrons. The number of hydrogen-bond donors (Lipinski definition) is 2. The van der Waals surface area contributed by atoms with Crippen molar-refractivity contribution in [3.63, 3.8) is 0 Å². The molecule has 0 spiro atoms. The molecule has 0 bridgehead atoms. The van der Waals surface area contributed by atoms with E-state index in [9.17, 15) is 9.18 Å². The Kier molecular flexibility index (Phi) is 5.50. The van der Waals surface area contributed by atoms with Gasteiger partial charge in [-0.3, -0.25) is 4.79 Å².